The summed E-state index contributed by atoms with van der Waals surface area (Å²) in [6.07, 6.45) is 0.685. The molecule has 5 unspecified atom stereocenters. The number of rotatable bonds is 2. The molecule has 0 radical (unpaired) electrons. The quantitative estimate of drug-likeness (QED) is 0.630. The molecule has 96 valence electrons. The second kappa shape index (κ2) is 5.32. The Kier molecular flexibility index (Phi) is 4.39. The van der Waals surface area contributed by atoms with Gasteiger partial charge in [0, 0.05) is 20.1 Å². The van der Waals surface area contributed by atoms with E-state index in [1.807, 2.05) is 11.3 Å². The van der Waals surface area contributed by atoms with E-state index in [4.69, 9.17) is 4.74 Å². The molecule has 5 atom stereocenters. The highest BCUT2D eigenvalue weighted by Crippen LogP contribution is 2.47. The Morgan fingerprint density at radius 1 is 1.29 bits per heavy atom. The standard InChI is InChI=1S/C13H18Br2OS/c1-6-7(2)16-8(3)12(6)13(15)11-5-10(14)9(4)17-11/h5-8,12-13H,1-4H3. The van der Waals surface area contributed by atoms with Crippen LogP contribution in [0.15, 0.2) is 10.5 Å². The van der Waals surface area contributed by atoms with Crippen LogP contribution < -0.4 is 0 Å². The molecule has 0 spiro atoms. The maximum Gasteiger partial charge on any atom is 0.0596 e. The fourth-order valence-corrected chi connectivity index (χ4v) is 5.53. The molecule has 2 rings (SSSR count). The van der Waals surface area contributed by atoms with Crippen molar-refractivity contribution in [1.29, 1.82) is 0 Å². The second-order valence-corrected chi connectivity index (χ2v) is 8.07. The van der Waals surface area contributed by atoms with Crippen LogP contribution in [-0.2, 0) is 4.74 Å². The maximum atomic E-state index is 5.93. The lowest BCUT2D eigenvalue weighted by atomic mass is 9.86. The molecule has 1 aliphatic heterocycles. The van der Waals surface area contributed by atoms with E-state index in [0.717, 1.165) is 0 Å². The van der Waals surface area contributed by atoms with Gasteiger partial charge in [0.15, 0.2) is 0 Å². The van der Waals surface area contributed by atoms with E-state index < -0.39 is 0 Å². The third-order valence-corrected chi connectivity index (χ3v) is 7.43. The normalized spacial score (nSPS) is 35.2. The molecule has 2 heterocycles. The zero-order valence-corrected chi connectivity index (χ0v) is 14.5. The molecule has 0 bridgehead atoms. The summed E-state index contributed by atoms with van der Waals surface area (Å²) in [5.74, 6) is 1.14. The van der Waals surface area contributed by atoms with Gasteiger partial charge in [-0.3, -0.25) is 0 Å². The molecule has 0 aliphatic carbocycles. The molecule has 1 nitrogen and oxygen atoms in total. The van der Waals surface area contributed by atoms with Gasteiger partial charge in [0.2, 0.25) is 0 Å². The first-order chi connectivity index (χ1) is 7.91. The lowest BCUT2D eigenvalue weighted by molar-refractivity contribution is 0.0511. The predicted molar refractivity (Wildman–Crippen MR) is 81.1 cm³/mol. The van der Waals surface area contributed by atoms with E-state index in [1.165, 1.54) is 14.2 Å². The number of alkyl halides is 1. The zero-order valence-electron chi connectivity index (χ0n) is 10.5. The van der Waals surface area contributed by atoms with Crippen LogP contribution in [0.3, 0.4) is 0 Å². The van der Waals surface area contributed by atoms with Gasteiger partial charge in [0.1, 0.15) is 0 Å². The fraction of sp³-hybridized carbons (Fsp3) is 0.692. The average Bonchev–Trinajstić information content (AvgIpc) is 2.70. The van der Waals surface area contributed by atoms with E-state index in [-0.39, 0.29) is 0 Å². The van der Waals surface area contributed by atoms with Crippen molar-refractivity contribution in [2.45, 2.75) is 44.7 Å². The zero-order chi connectivity index (χ0) is 12.7. The summed E-state index contributed by atoms with van der Waals surface area (Å²) in [7, 11) is 0. The van der Waals surface area contributed by atoms with Crippen molar-refractivity contribution in [2.24, 2.45) is 11.8 Å². The molecular weight excluding hydrogens is 364 g/mol. The largest absolute Gasteiger partial charge is 0.375 e. The number of thiophene rings is 1. The number of halogens is 2. The summed E-state index contributed by atoms with van der Waals surface area (Å²) < 4.78 is 7.15. The molecule has 4 heteroatoms. The molecule has 1 aliphatic rings. The monoisotopic (exact) mass is 380 g/mol. The summed E-state index contributed by atoms with van der Waals surface area (Å²) >= 11 is 9.34. The van der Waals surface area contributed by atoms with E-state index in [2.05, 4.69) is 65.6 Å². The van der Waals surface area contributed by atoms with Crippen molar-refractivity contribution in [3.8, 4) is 0 Å². The average molecular weight is 382 g/mol. The molecule has 0 saturated carbocycles. The molecule has 17 heavy (non-hydrogen) atoms. The molecule has 1 saturated heterocycles. The molecule has 0 aromatic carbocycles. The van der Waals surface area contributed by atoms with Gasteiger partial charge in [-0.05, 0) is 48.7 Å². The predicted octanol–water partition coefficient (Wildman–Crippen LogP) is 5.31. The van der Waals surface area contributed by atoms with Crippen LogP contribution >= 0.6 is 43.2 Å². The Labute approximate surface area is 124 Å². The first kappa shape index (κ1) is 14.0. The van der Waals surface area contributed by atoms with E-state index in [0.29, 0.717) is 28.9 Å². The molecule has 1 fully saturated rings. The first-order valence-electron chi connectivity index (χ1n) is 5.97. The van der Waals surface area contributed by atoms with Crippen molar-refractivity contribution in [1.82, 2.24) is 0 Å². The summed E-state index contributed by atoms with van der Waals surface area (Å²) in [4.78, 5) is 3.14. The molecular formula is C13H18Br2OS. The van der Waals surface area contributed by atoms with Crippen LogP contribution in [0.1, 0.15) is 35.4 Å². The second-order valence-electron chi connectivity index (χ2n) is 4.94. The van der Waals surface area contributed by atoms with E-state index in [1.54, 1.807) is 0 Å². The number of hydrogen-bond acceptors (Lipinski definition) is 2. The Balaban J connectivity index is 2.22. The van der Waals surface area contributed by atoms with Crippen LogP contribution in [0.4, 0.5) is 0 Å². The summed E-state index contributed by atoms with van der Waals surface area (Å²) in [6, 6.07) is 2.24. The van der Waals surface area contributed by atoms with Gasteiger partial charge in [-0.15, -0.1) is 11.3 Å². The van der Waals surface area contributed by atoms with Gasteiger partial charge >= 0.3 is 0 Å². The lowest BCUT2D eigenvalue weighted by Crippen LogP contribution is -2.21. The lowest BCUT2D eigenvalue weighted by Gasteiger charge is -2.23. The van der Waals surface area contributed by atoms with Crippen molar-refractivity contribution in [2.75, 3.05) is 0 Å². The van der Waals surface area contributed by atoms with Gasteiger partial charge in [0.05, 0.1) is 17.0 Å². The Morgan fingerprint density at radius 2 is 1.94 bits per heavy atom. The Bertz CT molecular complexity index is 385. The summed E-state index contributed by atoms with van der Waals surface area (Å²) in [6.45, 7) is 8.81. The third kappa shape index (κ3) is 2.65. The smallest absolute Gasteiger partial charge is 0.0596 e. The van der Waals surface area contributed by atoms with Crippen molar-refractivity contribution < 1.29 is 4.74 Å². The van der Waals surface area contributed by atoms with Crippen LogP contribution in [0.2, 0.25) is 0 Å². The van der Waals surface area contributed by atoms with Crippen LogP contribution in [0, 0.1) is 18.8 Å². The third-order valence-electron chi connectivity index (χ3n) is 3.80. The Morgan fingerprint density at radius 3 is 2.35 bits per heavy atom. The maximum absolute atomic E-state index is 5.93. The van der Waals surface area contributed by atoms with Crippen LogP contribution in [0.25, 0.3) is 0 Å². The summed E-state index contributed by atoms with van der Waals surface area (Å²) in [5.41, 5.74) is 0. The molecule has 1 aromatic rings. The fourth-order valence-electron chi connectivity index (χ4n) is 2.61. The molecule has 1 aromatic heterocycles. The SMILES string of the molecule is Cc1sc(C(Br)C2C(C)OC(C)C2C)cc1Br. The van der Waals surface area contributed by atoms with Gasteiger partial charge < -0.3 is 4.74 Å². The number of hydrogen-bond donors (Lipinski definition) is 0. The first-order valence-corrected chi connectivity index (χ1v) is 8.49. The number of aryl methyl sites for hydroxylation is 1. The minimum absolute atomic E-state index is 0.325. The summed E-state index contributed by atoms with van der Waals surface area (Å²) in [5, 5.41) is 0. The van der Waals surface area contributed by atoms with E-state index >= 15 is 0 Å². The highest BCUT2D eigenvalue weighted by molar-refractivity contribution is 9.10. The topological polar surface area (TPSA) is 9.23 Å². The van der Waals surface area contributed by atoms with Crippen molar-refractivity contribution >= 4 is 43.2 Å². The van der Waals surface area contributed by atoms with Crippen molar-refractivity contribution in [3.05, 3.63) is 20.3 Å². The van der Waals surface area contributed by atoms with Gasteiger partial charge in [-0.2, -0.15) is 0 Å². The van der Waals surface area contributed by atoms with Crippen molar-refractivity contribution in [3.63, 3.8) is 0 Å². The van der Waals surface area contributed by atoms with E-state index in [9.17, 15) is 0 Å². The van der Waals surface area contributed by atoms with Crippen LogP contribution in [0.5, 0.6) is 0 Å². The van der Waals surface area contributed by atoms with Gasteiger partial charge in [0.25, 0.3) is 0 Å². The number of ether oxygens (including phenoxy) is 1. The Hall–Kier alpha value is 0.620. The van der Waals surface area contributed by atoms with Crippen LogP contribution in [-0.4, -0.2) is 12.2 Å². The highest BCUT2D eigenvalue weighted by Gasteiger charge is 2.41. The van der Waals surface area contributed by atoms with Gasteiger partial charge in [-0.1, -0.05) is 22.9 Å². The molecule has 0 N–H and O–H groups in total. The van der Waals surface area contributed by atoms with Gasteiger partial charge in [-0.25, -0.2) is 0 Å². The minimum Gasteiger partial charge on any atom is -0.375 e. The molecule has 0 amide bonds. The minimum atomic E-state index is 0.325. The highest BCUT2D eigenvalue weighted by atomic mass is 79.9.